The van der Waals surface area contributed by atoms with E-state index >= 15 is 0 Å². The molecule has 0 saturated carbocycles. The standard InChI is InChI=1S/C30H32N4O2/c35-30(32-27-11-8-22-5-1-2-6-25(22)19-27)24-14-16-33(17-15-24)28-12-9-23(10-13-28)26-20-31-34(21-26)29-7-3-4-18-36-29/h1-2,5-6,8-13,19-21,24,29H,3-4,7,14-18H2,(H,32,35). The summed E-state index contributed by atoms with van der Waals surface area (Å²) in [6, 6.07) is 23.0. The lowest BCUT2D eigenvalue weighted by Crippen LogP contribution is -2.38. The Morgan fingerprint density at radius 3 is 2.47 bits per heavy atom. The molecule has 184 valence electrons. The van der Waals surface area contributed by atoms with Crippen LogP contribution in [0.1, 0.15) is 38.3 Å². The highest BCUT2D eigenvalue weighted by Crippen LogP contribution is 2.29. The normalized spacial score (nSPS) is 18.9. The van der Waals surface area contributed by atoms with Crippen molar-refractivity contribution in [3.8, 4) is 11.1 Å². The molecule has 1 unspecified atom stereocenters. The van der Waals surface area contributed by atoms with Crippen LogP contribution in [0.3, 0.4) is 0 Å². The van der Waals surface area contributed by atoms with E-state index in [9.17, 15) is 4.79 Å². The molecule has 0 aliphatic carbocycles. The van der Waals surface area contributed by atoms with Crippen LogP contribution in [0.15, 0.2) is 79.1 Å². The molecule has 3 heterocycles. The Kier molecular flexibility index (Phi) is 6.43. The number of rotatable bonds is 5. The largest absolute Gasteiger partial charge is 0.371 e. The van der Waals surface area contributed by atoms with Crippen molar-refractivity contribution in [2.24, 2.45) is 5.92 Å². The molecular formula is C30H32N4O2. The maximum atomic E-state index is 12.9. The fraction of sp³-hybridized carbons (Fsp3) is 0.333. The van der Waals surface area contributed by atoms with Crippen LogP contribution in [-0.4, -0.2) is 35.4 Å². The van der Waals surface area contributed by atoms with E-state index in [4.69, 9.17) is 4.74 Å². The predicted molar refractivity (Wildman–Crippen MR) is 144 cm³/mol. The lowest BCUT2D eigenvalue weighted by Gasteiger charge is -2.33. The Hall–Kier alpha value is -3.64. The van der Waals surface area contributed by atoms with Gasteiger partial charge in [-0.2, -0.15) is 5.10 Å². The summed E-state index contributed by atoms with van der Waals surface area (Å²) in [4.78, 5) is 15.3. The van der Waals surface area contributed by atoms with Gasteiger partial charge < -0.3 is 15.0 Å². The molecule has 0 spiro atoms. The number of carbonyl (C=O) groups is 1. The summed E-state index contributed by atoms with van der Waals surface area (Å²) in [7, 11) is 0. The van der Waals surface area contributed by atoms with Crippen molar-refractivity contribution >= 4 is 28.1 Å². The maximum absolute atomic E-state index is 12.9. The van der Waals surface area contributed by atoms with Crippen LogP contribution in [0.2, 0.25) is 0 Å². The number of hydrogen-bond acceptors (Lipinski definition) is 4. The fourth-order valence-electron chi connectivity index (χ4n) is 5.35. The van der Waals surface area contributed by atoms with E-state index in [0.717, 1.165) is 67.6 Å². The van der Waals surface area contributed by atoms with Crippen molar-refractivity contribution in [1.29, 1.82) is 0 Å². The summed E-state index contributed by atoms with van der Waals surface area (Å²) in [5, 5.41) is 10.0. The zero-order valence-electron chi connectivity index (χ0n) is 20.5. The summed E-state index contributed by atoms with van der Waals surface area (Å²) >= 11 is 0. The van der Waals surface area contributed by atoms with Crippen LogP contribution in [0.5, 0.6) is 0 Å². The Bertz CT molecular complexity index is 1330. The van der Waals surface area contributed by atoms with Crippen LogP contribution in [0.4, 0.5) is 11.4 Å². The van der Waals surface area contributed by atoms with Gasteiger partial charge in [-0.3, -0.25) is 4.79 Å². The minimum absolute atomic E-state index is 0.0415. The molecule has 36 heavy (non-hydrogen) atoms. The van der Waals surface area contributed by atoms with Gasteiger partial charge in [0.1, 0.15) is 6.23 Å². The van der Waals surface area contributed by atoms with Gasteiger partial charge in [0.2, 0.25) is 5.91 Å². The van der Waals surface area contributed by atoms with Crippen LogP contribution in [0, 0.1) is 5.92 Å². The number of nitrogens with one attached hydrogen (secondary N) is 1. The molecule has 2 fully saturated rings. The number of amides is 1. The van der Waals surface area contributed by atoms with Gasteiger partial charge in [-0.1, -0.05) is 42.5 Å². The summed E-state index contributed by atoms with van der Waals surface area (Å²) in [6.07, 6.45) is 9.14. The highest BCUT2D eigenvalue weighted by molar-refractivity contribution is 5.95. The third-order valence-corrected chi connectivity index (χ3v) is 7.50. The number of ether oxygens (including phenoxy) is 1. The molecule has 3 aromatic carbocycles. The summed E-state index contributed by atoms with van der Waals surface area (Å²) in [5.41, 5.74) is 4.34. The molecule has 2 aliphatic rings. The maximum Gasteiger partial charge on any atom is 0.227 e. The molecular weight excluding hydrogens is 448 g/mol. The monoisotopic (exact) mass is 480 g/mol. The van der Waals surface area contributed by atoms with Gasteiger partial charge in [0, 0.05) is 48.7 Å². The van der Waals surface area contributed by atoms with Gasteiger partial charge in [-0.25, -0.2) is 4.68 Å². The number of carbonyl (C=O) groups excluding carboxylic acids is 1. The summed E-state index contributed by atoms with van der Waals surface area (Å²) in [5.74, 6) is 0.166. The Morgan fingerprint density at radius 2 is 1.69 bits per heavy atom. The predicted octanol–water partition coefficient (Wildman–Crippen LogP) is 6.26. The number of fused-ring (bicyclic) bond motifs is 1. The highest BCUT2D eigenvalue weighted by atomic mass is 16.5. The second-order valence-electron chi connectivity index (χ2n) is 9.89. The second-order valence-corrected chi connectivity index (χ2v) is 9.89. The molecule has 4 aromatic rings. The van der Waals surface area contributed by atoms with Gasteiger partial charge in [0.25, 0.3) is 0 Å². The van der Waals surface area contributed by atoms with Crippen molar-refractivity contribution in [3.63, 3.8) is 0 Å². The van der Waals surface area contributed by atoms with E-state index in [1.54, 1.807) is 0 Å². The molecule has 6 heteroatoms. The zero-order valence-corrected chi connectivity index (χ0v) is 20.5. The molecule has 6 rings (SSSR count). The average Bonchev–Trinajstić information content (AvgIpc) is 3.44. The summed E-state index contributed by atoms with van der Waals surface area (Å²) < 4.78 is 7.81. The van der Waals surface area contributed by atoms with Gasteiger partial charge in [-0.15, -0.1) is 0 Å². The molecule has 2 saturated heterocycles. The average molecular weight is 481 g/mol. The van der Waals surface area contributed by atoms with E-state index in [-0.39, 0.29) is 18.1 Å². The molecule has 6 nitrogen and oxygen atoms in total. The van der Waals surface area contributed by atoms with Crippen LogP contribution in [0.25, 0.3) is 21.9 Å². The first-order chi connectivity index (χ1) is 17.7. The molecule has 0 radical (unpaired) electrons. The Morgan fingerprint density at radius 1 is 0.889 bits per heavy atom. The minimum Gasteiger partial charge on any atom is -0.371 e. The van der Waals surface area contributed by atoms with Crippen molar-refractivity contribution in [2.75, 3.05) is 29.9 Å². The lowest BCUT2D eigenvalue weighted by molar-refractivity contribution is -0.120. The highest BCUT2D eigenvalue weighted by Gasteiger charge is 2.25. The number of aromatic nitrogens is 2. The fourth-order valence-corrected chi connectivity index (χ4v) is 5.35. The van der Waals surface area contributed by atoms with Crippen LogP contribution < -0.4 is 10.2 Å². The smallest absolute Gasteiger partial charge is 0.227 e. The second kappa shape index (κ2) is 10.2. The minimum atomic E-state index is 0.0415. The number of hydrogen-bond donors (Lipinski definition) is 1. The quantitative estimate of drug-likeness (QED) is 0.366. The third kappa shape index (κ3) is 4.86. The van der Waals surface area contributed by atoms with E-state index in [1.807, 2.05) is 29.1 Å². The van der Waals surface area contributed by atoms with Crippen molar-refractivity contribution in [1.82, 2.24) is 9.78 Å². The van der Waals surface area contributed by atoms with Crippen molar-refractivity contribution in [3.05, 3.63) is 79.1 Å². The van der Waals surface area contributed by atoms with Crippen molar-refractivity contribution < 1.29 is 9.53 Å². The van der Waals surface area contributed by atoms with E-state index in [1.165, 1.54) is 17.5 Å². The molecule has 2 aliphatic heterocycles. The third-order valence-electron chi connectivity index (χ3n) is 7.50. The number of nitrogens with zero attached hydrogens (tertiary/aromatic N) is 3. The van der Waals surface area contributed by atoms with E-state index < -0.39 is 0 Å². The van der Waals surface area contributed by atoms with Gasteiger partial charge in [0.05, 0.1) is 6.20 Å². The zero-order chi connectivity index (χ0) is 24.3. The topological polar surface area (TPSA) is 59.4 Å². The first kappa shape index (κ1) is 22.8. The lowest BCUT2D eigenvalue weighted by atomic mass is 9.95. The van der Waals surface area contributed by atoms with Crippen LogP contribution >= 0.6 is 0 Å². The Balaban J connectivity index is 1.04. The van der Waals surface area contributed by atoms with Gasteiger partial charge in [-0.05, 0) is 72.7 Å². The van der Waals surface area contributed by atoms with Crippen LogP contribution in [-0.2, 0) is 9.53 Å². The SMILES string of the molecule is O=C(Nc1ccc2ccccc2c1)C1CCN(c2ccc(-c3cnn(C4CCCCO4)c3)cc2)CC1. The van der Waals surface area contributed by atoms with E-state index in [2.05, 4.69) is 70.0 Å². The first-order valence-electron chi connectivity index (χ1n) is 13.0. The Labute approximate surface area is 211 Å². The first-order valence-corrected chi connectivity index (χ1v) is 13.0. The number of anilines is 2. The van der Waals surface area contributed by atoms with Crippen molar-refractivity contribution in [2.45, 2.75) is 38.3 Å². The number of benzene rings is 3. The number of piperidine rings is 1. The molecule has 1 N–H and O–H groups in total. The molecule has 0 bridgehead atoms. The van der Waals surface area contributed by atoms with Gasteiger partial charge >= 0.3 is 0 Å². The molecule has 1 atom stereocenters. The molecule has 1 aromatic heterocycles. The summed E-state index contributed by atoms with van der Waals surface area (Å²) in [6.45, 7) is 2.58. The molecule has 1 amide bonds. The van der Waals surface area contributed by atoms with E-state index in [0.29, 0.717) is 0 Å². The van der Waals surface area contributed by atoms with Gasteiger partial charge in [0.15, 0.2) is 0 Å².